The average Bonchev–Trinajstić information content (AvgIpc) is 2.92. The Bertz CT molecular complexity index is 671. The fourth-order valence-electron chi connectivity index (χ4n) is 1.83. The van der Waals surface area contributed by atoms with E-state index in [-0.39, 0.29) is 0 Å². The lowest BCUT2D eigenvalue weighted by Gasteiger charge is -1.95. The summed E-state index contributed by atoms with van der Waals surface area (Å²) in [6.45, 7) is 0.363. The van der Waals surface area contributed by atoms with Crippen LogP contribution in [0, 0.1) is 0 Å². The van der Waals surface area contributed by atoms with E-state index in [1.807, 2.05) is 12.1 Å². The van der Waals surface area contributed by atoms with Gasteiger partial charge in [0.05, 0.1) is 6.54 Å². The molecule has 3 nitrogen and oxygen atoms in total. The van der Waals surface area contributed by atoms with Gasteiger partial charge in [-0.2, -0.15) is 0 Å². The second-order valence-corrected chi connectivity index (χ2v) is 4.98. The maximum absolute atomic E-state index is 6.15. The van der Waals surface area contributed by atoms with Crippen molar-refractivity contribution in [2.45, 2.75) is 6.54 Å². The minimum Gasteiger partial charge on any atom is -0.331 e. The standard InChI is InChI=1S/C12H10ClN3S/c13-12-11(15-10(5-14)16-12)8-6-17-9-4-2-1-3-7(8)9/h1-4,6H,5,14H2,(H,15,16). The number of hydrogen-bond donors (Lipinski definition) is 2. The Hall–Kier alpha value is -1.36. The maximum Gasteiger partial charge on any atom is 0.134 e. The highest BCUT2D eigenvalue weighted by Crippen LogP contribution is 2.35. The minimum atomic E-state index is 0.363. The predicted octanol–water partition coefficient (Wildman–Crippen LogP) is 3.40. The van der Waals surface area contributed by atoms with Crippen molar-refractivity contribution in [2.75, 3.05) is 0 Å². The number of nitrogens with one attached hydrogen (secondary N) is 1. The molecular formula is C12H10ClN3S. The number of fused-ring (bicyclic) bond motifs is 1. The minimum absolute atomic E-state index is 0.363. The number of aromatic amines is 1. The quantitative estimate of drug-likeness (QED) is 0.744. The van der Waals surface area contributed by atoms with Crippen molar-refractivity contribution in [1.29, 1.82) is 0 Å². The van der Waals surface area contributed by atoms with Gasteiger partial charge in [-0.3, -0.25) is 0 Å². The molecule has 17 heavy (non-hydrogen) atoms. The Kier molecular flexibility index (Phi) is 2.63. The highest BCUT2D eigenvalue weighted by Gasteiger charge is 2.13. The van der Waals surface area contributed by atoms with Crippen LogP contribution in [0.4, 0.5) is 0 Å². The SMILES string of the molecule is NCc1nc(-c2csc3ccccc23)c(Cl)[nH]1. The van der Waals surface area contributed by atoms with Crippen LogP contribution in [-0.2, 0) is 6.54 Å². The normalized spacial score (nSPS) is 11.2. The van der Waals surface area contributed by atoms with Crippen molar-refractivity contribution < 1.29 is 0 Å². The van der Waals surface area contributed by atoms with Gasteiger partial charge in [-0.15, -0.1) is 11.3 Å². The predicted molar refractivity (Wildman–Crippen MR) is 72.3 cm³/mol. The molecule has 0 amide bonds. The van der Waals surface area contributed by atoms with E-state index in [1.54, 1.807) is 11.3 Å². The van der Waals surface area contributed by atoms with Gasteiger partial charge < -0.3 is 10.7 Å². The van der Waals surface area contributed by atoms with Crippen molar-refractivity contribution in [3.8, 4) is 11.3 Å². The molecule has 0 saturated heterocycles. The Morgan fingerprint density at radius 2 is 2.18 bits per heavy atom. The number of rotatable bonds is 2. The summed E-state index contributed by atoms with van der Waals surface area (Å²) >= 11 is 7.84. The topological polar surface area (TPSA) is 54.7 Å². The Morgan fingerprint density at radius 3 is 2.94 bits per heavy atom. The molecule has 5 heteroatoms. The summed E-state index contributed by atoms with van der Waals surface area (Å²) in [5.74, 6) is 0.709. The molecule has 0 aliphatic heterocycles. The number of hydrogen-bond acceptors (Lipinski definition) is 3. The van der Waals surface area contributed by atoms with Gasteiger partial charge in [-0.25, -0.2) is 4.98 Å². The number of thiophene rings is 1. The number of aromatic nitrogens is 2. The zero-order valence-corrected chi connectivity index (χ0v) is 10.5. The van der Waals surface area contributed by atoms with Gasteiger partial charge in [0.25, 0.3) is 0 Å². The summed E-state index contributed by atoms with van der Waals surface area (Å²) in [4.78, 5) is 7.40. The van der Waals surface area contributed by atoms with Crippen molar-refractivity contribution in [3.63, 3.8) is 0 Å². The van der Waals surface area contributed by atoms with Crippen LogP contribution >= 0.6 is 22.9 Å². The maximum atomic E-state index is 6.15. The summed E-state index contributed by atoms with van der Waals surface area (Å²) in [7, 11) is 0. The monoisotopic (exact) mass is 263 g/mol. The molecule has 0 aliphatic carbocycles. The van der Waals surface area contributed by atoms with E-state index in [4.69, 9.17) is 17.3 Å². The van der Waals surface area contributed by atoms with E-state index in [0.29, 0.717) is 17.5 Å². The second kappa shape index (κ2) is 4.14. The van der Waals surface area contributed by atoms with Gasteiger partial charge in [-0.1, -0.05) is 29.8 Å². The zero-order valence-electron chi connectivity index (χ0n) is 8.90. The molecule has 3 aromatic rings. The first kappa shape index (κ1) is 10.8. The lowest BCUT2D eigenvalue weighted by molar-refractivity contribution is 0.951. The molecule has 0 spiro atoms. The smallest absolute Gasteiger partial charge is 0.134 e. The van der Waals surface area contributed by atoms with Crippen LogP contribution in [0.5, 0.6) is 0 Å². The molecule has 1 aromatic carbocycles. The first-order chi connectivity index (χ1) is 8.29. The second-order valence-electron chi connectivity index (χ2n) is 3.70. The van der Waals surface area contributed by atoms with Gasteiger partial charge in [0, 0.05) is 21.0 Å². The Morgan fingerprint density at radius 1 is 1.35 bits per heavy atom. The number of H-pyrrole nitrogens is 1. The summed E-state index contributed by atoms with van der Waals surface area (Å²) in [6.07, 6.45) is 0. The fraction of sp³-hybridized carbons (Fsp3) is 0.0833. The van der Waals surface area contributed by atoms with E-state index in [1.165, 1.54) is 10.1 Å². The molecular weight excluding hydrogens is 254 g/mol. The Balaban J connectivity index is 2.23. The van der Waals surface area contributed by atoms with Gasteiger partial charge in [0.1, 0.15) is 16.7 Å². The first-order valence-corrected chi connectivity index (χ1v) is 6.46. The van der Waals surface area contributed by atoms with Crippen LogP contribution in [0.15, 0.2) is 29.6 Å². The average molecular weight is 264 g/mol. The molecule has 0 aliphatic rings. The molecule has 0 saturated carbocycles. The van der Waals surface area contributed by atoms with E-state index in [2.05, 4.69) is 27.5 Å². The molecule has 0 fully saturated rings. The highest BCUT2D eigenvalue weighted by molar-refractivity contribution is 7.17. The number of nitrogens with two attached hydrogens (primary N) is 1. The highest BCUT2D eigenvalue weighted by atomic mass is 35.5. The molecule has 2 heterocycles. The molecule has 0 radical (unpaired) electrons. The molecule has 86 valence electrons. The van der Waals surface area contributed by atoms with E-state index >= 15 is 0 Å². The van der Waals surface area contributed by atoms with Crippen molar-refractivity contribution >= 4 is 33.0 Å². The van der Waals surface area contributed by atoms with Crippen molar-refractivity contribution in [1.82, 2.24) is 9.97 Å². The van der Waals surface area contributed by atoms with E-state index < -0.39 is 0 Å². The molecule has 0 unspecified atom stereocenters. The largest absolute Gasteiger partial charge is 0.331 e. The third kappa shape index (κ3) is 1.74. The summed E-state index contributed by atoms with van der Waals surface area (Å²) in [5, 5.41) is 3.80. The molecule has 3 rings (SSSR count). The van der Waals surface area contributed by atoms with Crippen LogP contribution in [-0.4, -0.2) is 9.97 Å². The molecule has 2 aromatic heterocycles. The molecule has 0 bridgehead atoms. The van der Waals surface area contributed by atoms with Crippen LogP contribution < -0.4 is 5.73 Å². The van der Waals surface area contributed by atoms with Gasteiger partial charge in [0.2, 0.25) is 0 Å². The number of benzene rings is 1. The van der Waals surface area contributed by atoms with Crippen molar-refractivity contribution in [2.24, 2.45) is 5.73 Å². The first-order valence-electron chi connectivity index (χ1n) is 5.20. The van der Waals surface area contributed by atoms with Crippen molar-refractivity contribution in [3.05, 3.63) is 40.6 Å². The van der Waals surface area contributed by atoms with Crippen LogP contribution in [0.2, 0.25) is 5.15 Å². The van der Waals surface area contributed by atoms with Crippen LogP contribution in [0.3, 0.4) is 0 Å². The van der Waals surface area contributed by atoms with Crippen LogP contribution in [0.1, 0.15) is 5.82 Å². The number of halogens is 1. The van der Waals surface area contributed by atoms with Gasteiger partial charge >= 0.3 is 0 Å². The number of imidazole rings is 1. The zero-order chi connectivity index (χ0) is 11.8. The Labute approximate surface area is 107 Å². The summed E-state index contributed by atoms with van der Waals surface area (Å²) in [5.41, 5.74) is 7.39. The fourth-order valence-corrected chi connectivity index (χ4v) is 3.03. The summed E-state index contributed by atoms with van der Waals surface area (Å²) < 4.78 is 1.23. The third-order valence-electron chi connectivity index (χ3n) is 2.64. The lowest BCUT2D eigenvalue weighted by atomic mass is 10.1. The molecule has 3 N–H and O–H groups in total. The number of nitrogens with zero attached hydrogens (tertiary/aromatic N) is 1. The lowest BCUT2D eigenvalue weighted by Crippen LogP contribution is -1.97. The molecule has 0 atom stereocenters. The van der Waals surface area contributed by atoms with E-state index in [0.717, 1.165) is 11.3 Å². The van der Waals surface area contributed by atoms with E-state index in [9.17, 15) is 0 Å². The van der Waals surface area contributed by atoms with Crippen LogP contribution in [0.25, 0.3) is 21.3 Å². The van der Waals surface area contributed by atoms with Gasteiger partial charge in [-0.05, 0) is 6.07 Å². The summed E-state index contributed by atoms with van der Waals surface area (Å²) in [6, 6.07) is 8.21. The third-order valence-corrected chi connectivity index (χ3v) is 3.88. The van der Waals surface area contributed by atoms with Gasteiger partial charge in [0.15, 0.2) is 0 Å².